The zero-order chi connectivity index (χ0) is 14.9. The third-order valence-electron chi connectivity index (χ3n) is 2.82. The summed E-state index contributed by atoms with van der Waals surface area (Å²) in [5, 5.41) is 4.69. The van der Waals surface area contributed by atoms with Crippen LogP contribution in [-0.4, -0.2) is 18.2 Å². The quantitative estimate of drug-likeness (QED) is 0.933. The maximum Gasteiger partial charge on any atom is 0.265 e. The van der Waals surface area contributed by atoms with Crippen molar-refractivity contribution in [3.8, 4) is 0 Å². The Balaban J connectivity index is 2.40. The highest BCUT2D eigenvalue weighted by Crippen LogP contribution is 2.28. The molecule has 1 heterocycles. The number of hydrogen-bond donors (Lipinski definition) is 1. The standard InChI is InChI=1S/C12H13Cl2N3O2S/c1-3-17-8(2)12(7-15-17)20(18,19)16-11-6-9(13)4-5-10(11)14/h4-7,16H,3H2,1-2H3. The summed E-state index contributed by atoms with van der Waals surface area (Å²) in [5.74, 6) is 0. The summed E-state index contributed by atoms with van der Waals surface area (Å²) in [6, 6.07) is 4.58. The molecule has 0 aliphatic carbocycles. The van der Waals surface area contributed by atoms with Crippen LogP contribution in [0.1, 0.15) is 12.6 Å². The van der Waals surface area contributed by atoms with Gasteiger partial charge in [0.2, 0.25) is 0 Å². The predicted octanol–water partition coefficient (Wildman–Crippen LogP) is 3.32. The molecule has 0 spiro atoms. The normalized spacial score (nSPS) is 11.6. The van der Waals surface area contributed by atoms with E-state index in [0.717, 1.165) is 0 Å². The summed E-state index contributed by atoms with van der Waals surface area (Å²) in [6.07, 6.45) is 1.32. The van der Waals surface area contributed by atoms with Gasteiger partial charge in [0.25, 0.3) is 10.0 Å². The Morgan fingerprint density at radius 3 is 2.65 bits per heavy atom. The van der Waals surface area contributed by atoms with E-state index in [0.29, 0.717) is 17.3 Å². The lowest BCUT2D eigenvalue weighted by Crippen LogP contribution is -2.14. The molecule has 2 rings (SSSR count). The highest BCUT2D eigenvalue weighted by atomic mass is 35.5. The molecule has 2 aromatic rings. The maximum atomic E-state index is 12.3. The number of benzene rings is 1. The monoisotopic (exact) mass is 333 g/mol. The van der Waals surface area contributed by atoms with Gasteiger partial charge in [-0.05, 0) is 32.0 Å². The predicted molar refractivity (Wildman–Crippen MR) is 79.9 cm³/mol. The SMILES string of the molecule is CCn1ncc(S(=O)(=O)Nc2cc(Cl)ccc2Cl)c1C. The first-order valence-electron chi connectivity index (χ1n) is 5.85. The lowest BCUT2D eigenvalue weighted by atomic mass is 10.3. The minimum atomic E-state index is -3.75. The highest BCUT2D eigenvalue weighted by molar-refractivity contribution is 7.92. The summed E-state index contributed by atoms with van der Waals surface area (Å²) in [4.78, 5) is 0.121. The van der Waals surface area contributed by atoms with E-state index in [2.05, 4.69) is 9.82 Å². The maximum absolute atomic E-state index is 12.3. The molecular weight excluding hydrogens is 321 g/mol. The van der Waals surface area contributed by atoms with Crippen molar-refractivity contribution in [3.05, 3.63) is 40.1 Å². The van der Waals surface area contributed by atoms with Crippen LogP contribution in [0.15, 0.2) is 29.3 Å². The second-order valence-electron chi connectivity index (χ2n) is 4.14. The Labute approximate surface area is 127 Å². The van der Waals surface area contributed by atoms with E-state index in [-0.39, 0.29) is 15.6 Å². The minimum Gasteiger partial charge on any atom is -0.278 e. The number of nitrogens with zero attached hydrogens (tertiary/aromatic N) is 2. The smallest absolute Gasteiger partial charge is 0.265 e. The Morgan fingerprint density at radius 1 is 1.35 bits per heavy atom. The van der Waals surface area contributed by atoms with E-state index in [1.54, 1.807) is 17.7 Å². The van der Waals surface area contributed by atoms with Crippen LogP contribution in [0.3, 0.4) is 0 Å². The van der Waals surface area contributed by atoms with Crippen LogP contribution in [0.5, 0.6) is 0 Å². The zero-order valence-electron chi connectivity index (χ0n) is 10.9. The van der Waals surface area contributed by atoms with E-state index >= 15 is 0 Å². The molecule has 20 heavy (non-hydrogen) atoms. The van der Waals surface area contributed by atoms with Gasteiger partial charge < -0.3 is 0 Å². The van der Waals surface area contributed by atoms with Crippen molar-refractivity contribution in [1.82, 2.24) is 9.78 Å². The average molecular weight is 334 g/mol. The van der Waals surface area contributed by atoms with E-state index in [1.165, 1.54) is 18.3 Å². The number of aryl methyl sites for hydroxylation is 1. The first-order valence-corrected chi connectivity index (χ1v) is 8.09. The number of anilines is 1. The molecule has 0 unspecified atom stereocenters. The van der Waals surface area contributed by atoms with Gasteiger partial charge in [0.1, 0.15) is 4.90 Å². The number of aromatic nitrogens is 2. The largest absolute Gasteiger partial charge is 0.278 e. The van der Waals surface area contributed by atoms with Crippen LogP contribution in [0.2, 0.25) is 10.0 Å². The first-order chi connectivity index (χ1) is 9.35. The average Bonchev–Trinajstić information content (AvgIpc) is 2.75. The Kier molecular flexibility index (Phi) is 4.27. The van der Waals surface area contributed by atoms with Gasteiger partial charge in [-0.3, -0.25) is 9.40 Å². The molecule has 0 radical (unpaired) electrons. The summed E-state index contributed by atoms with van der Waals surface area (Å²) >= 11 is 11.8. The number of rotatable bonds is 4. The summed E-state index contributed by atoms with van der Waals surface area (Å²) in [6.45, 7) is 4.18. The van der Waals surface area contributed by atoms with Crippen LogP contribution in [-0.2, 0) is 16.6 Å². The Bertz CT molecular complexity index is 741. The van der Waals surface area contributed by atoms with Crippen molar-refractivity contribution < 1.29 is 8.42 Å². The second-order valence-corrected chi connectivity index (χ2v) is 6.63. The summed E-state index contributed by atoms with van der Waals surface area (Å²) < 4.78 is 28.7. The van der Waals surface area contributed by atoms with E-state index in [9.17, 15) is 8.42 Å². The van der Waals surface area contributed by atoms with Crippen LogP contribution in [0.25, 0.3) is 0 Å². The molecule has 108 valence electrons. The van der Waals surface area contributed by atoms with Crippen LogP contribution in [0.4, 0.5) is 5.69 Å². The molecule has 5 nitrogen and oxygen atoms in total. The molecule has 0 saturated heterocycles. The molecule has 8 heteroatoms. The van der Waals surface area contributed by atoms with Crippen molar-refractivity contribution in [1.29, 1.82) is 0 Å². The first kappa shape index (κ1) is 15.2. The molecule has 1 N–H and O–H groups in total. The Hall–Kier alpha value is -1.24. The van der Waals surface area contributed by atoms with Gasteiger partial charge >= 0.3 is 0 Å². The van der Waals surface area contributed by atoms with Gasteiger partial charge in [0.15, 0.2) is 0 Å². The molecule has 0 amide bonds. The van der Waals surface area contributed by atoms with Gasteiger partial charge in [0, 0.05) is 11.6 Å². The molecule has 1 aromatic carbocycles. The van der Waals surface area contributed by atoms with Gasteiger partial charge in [-0.1, -0.05) is 23.2 Å². The molecule has 0 atom stereocenters. The molecular formula is C12H13Cl2N3O2S. The van der Waals surface area contributed by atoms with E-state index < -0.39 is 10.0 Å². The molecule has 0 fully saturated rings. The van der Waals surface area contributed by atoms with E-state index in [1.807, 2.05) is 6.92 Å². The second kappa shape index (κ2) is 5.63. The number of nitrogens with one attached hydrogen (secondary N) is 1. The summed E-state index contributed by atoms with van der Waals surface area (Å²) in [7, 11) is -3.75. The number of halogens is 2. The molecule has 0 aliphatic heterocycles. The van der Waals surface area contributed by atoms with Crippen molar-refractivity contribution >= 4 is 38.9 Å². The van der Waals surface area contributed by atoms with Gasteiger partial charge in [-0.15, -0.1) is 0 Å². The van der Waals surface area contributed by atoms with Gasteiger partial charge in [-0.2, -0.15) is 5.10 Å². The molecule has 0 saturated carbocycles. The van der Waals surface area contributed by atoms with Gasteiger partial charge in [0.05, 0.1) is 22.6 Å². The molecule has 1 aromatic heterocycles. The lowest BCUT2D eigenvalue weighted by molar-refractivity contribution is 0.598. The Morgan fingerprint density at radius 2 is 2.05 bits per heavy atom. The van der Waals surface area contributed by atoms with Crippen molar-refractivity contribution in [3.63, 3.8) is 0 Å². The fourth-order valence-corrected chi connectivity index (χ4v) is 3.43. The summed E-state index contributed by atoms with van der Waals surface area (Å²) in [5.41, 5.74) is 0.806. The van der Waals surface area contributed by atoms with Crippen LogP contribution >= 0.6 is 23.2 Å². The van der Waals surface area contributed by atoms with Crippen LogP contribution in [0, 0.1) is 6.92 Å². The van der Waals surface area contributed by atoms with Crippen molar-refractivity contribution in [2.75, 3.05) is 4.72 Å². The van der Waals surface area contributed by atoms with Crippen molar-refractivity contribution in [2.24, 2.45) is 0 Å². The number of hydrogen-bond acceptors (Lipinski definition) is 3. The topological polar surface area (TPSA) is 64.0 Å². The molecule has 0 bridgehead atoms. The minimum absolute atomic E-state index is 0.121. The lowest BCUT2D eigenvalue weighted by Gasteiger charge is -2.09. The van der Waals surface area contributed by atoms with Gasteiger partial charge in [-0.25, -0.2) is 8.42 Å². The zero-order valence-corrected chi connectivity index (χ0v) is 13.2. The fourth-order valence-electron chi connectivity index (χ4n) is 1.79. The third kappa shape index (κ3) is 2.92. The number of sulfonamides is 1. The molecule has 0 aliphatic rings. The third-order valence-corrected chi connectivity index (χ3v) is 4.85. The van der Waals surface area contributed by atoms with Crippen molar-refractivity contribution in [2.45, 2.75) is 25.3 Å². The highest BCUT2D eigenvalue weighted by Gasteiger charge is 2.21. The van der Waals surface area contributed by atoms with E-state index in [4.69, 9.17) is 23.2 Å². The van der Waals surface area contributed by atoms with Crippen LogP contribution < -0.4 is 4.72 Å². The fraction of sp³-hybridized carbons (Fsp3) is 0.250.